The zero-order chi connectivity index (χ0) is 13.7. The van der Waals surface area contributed by atoms with E-state index in [-0.39, 0.29) is 5.91 Å². The molecular formula is C16H18N2O. The van der Waals surface area contributed by atoms with Crippen LogP contribution in [-0.2, 0) is 11.3 Å². The van der Waals surface area contributed by atoms with Gasteiger partial charge in [0.1, 0.15) is 0 Å². The highest BCUT2D eigenvalue weighted by Crippen LogP contribution is 2.17. The zero-order valence-corrected chi connectivity index (χ0v) is 11.2. The largest absolute Gasteiger partial charge is 0.381 e. The fraction of sp³-hybridized carbons (Fsp3) is 0.188. The minimum Gasteiger partial charge on any atom is -0.381 e. The highest BCUT2D eigenvalue weighted by Gasteiger charge is 2.02. The van der Waals surface area contributed by atoms with Crippen molar-refractivity contribution in [1.82, 2.24) is 0 Å². The van der Waals surface area contributed by atoms with Crippen molar-refractivity contribution >= 4 is 17.3 Å². The molecule has 0 saturated heterocycles. The Labute approximate surface area is 113 Å². The molecule has 0 saturated carbocycles. The van der Waals surface area contributed by atoms with E-state index >= 15 is 0 Å². The Morgan fingerprint density at radius 2 is 1.74 bits per heavy atom. The SMILES string of the molecule is CC(=O)Nc1ccccc1CNc1ccc(C)cc1. The molecule has 0 aromatic heterocycles. The molecule has 0 radical (unpaired) electrons. The van der Waals surface area contributed by atoms with Crippen molar-refractivity contribution in [2.24, 2.45) is 0 Å². The maximum Gasteiger partial charge on any atom is 0.221 e. The van der Waals surface area contributed by atoms with Crippen LogP contribution >= 0.6 is 0 Å². The first-order valence-electron chi connectivity index (χ1n) is 6.31. The van der Waals surface area contributed by atoms with E-state index in [1.807, 2.05) is 24.3 Å². The first-order valence-corrected chi connectivity index (χ1v) is 6.31. The maximum absolute atomic E-state index is 11.1. The number of benzene rings is 2. The highest BCUT2D eigenvalue weighted by molar-refractivity contribution is 5.89. The lowest BCUT2D eigenvalue weighted by atomic mass is 10.1. The second-order valence-electron chi connectivity index (χ2n) is 4.56. The molecule has 0 fully saturated rings. The highest BCUT2D eigenvalue weighted by atomic mass is 16.1. The van der Waals surface area contributed by atoms with Gasteiger partial charge in [0.05, 0.1) is 0 Å². The minimum atomic E-state index is -0.0530. The monoisotopic (exact) mass is 254 g/mol. The van der Waals surface area contributed by atoms with Gasteiger partial charge >= 0.3 is 0 Å². The summed E-state index contributed by atoms with van der Waals surface area (Å²) in [5.74, 6) is -0.0530. The standard InChI is InChI=1S/C16H18N2O/c1-12-7-9-15(10-8-12)17-11-14-5-3-4-6-16(14)18-13(2)19/h3-10,17H,11H2,1-2H3,(H,18,19). The maximum atomic E-state index is 11.1. The summed E-state index contributed by atoms with van der Waals surface area (Å²) in [4.78, 5) is 11.1. The second-order valence-corrected chi connectivity index (χ2v) is 4.56. The molecule has 1 amide bonds. The molecule has 0 spiro atoms. The molecule has 98 valence electrons. The summed E-state index contributed by atoms with van der Waals surface area (Å²) in [7, 11) is 0. The van der Waals surface area contributed by atoms with Crippen LogP contribution in [0.1, 0.15) is 18.1 Å². The molecule has 0 atom stereocenters. The lowest BCUT2D eigenvalue weighted by Crippen LogP contribution is -2.10. The molecule has 2 aromatic rings. The van der Waals surface area contributed by atoms with Gasteiger partial charge in [0, 0.05) is 24.8 Å². The number of rotatable bonds is 4. The summed E-state index contributed by atoms with van der Waals surface area (Å²) in [6.45, 7) is 4.26. The molecule has 0 bridgehead atoms. The summed E-state index contributed by atoms with van der Waals surface area (Å²) in [5, 5.41) is 6.19. The Morgan fingerprint density at radius 1 is 1.05 bits per heavy atom. The predicted molar refractivity (Wildman–Crippen MR) is 79.3 cm³/mol. The fourth-order valence-electron chi connectivity index (χ4n) is 1.85. The van der Waals surface area contributed by atoms with Gasteiger partial charge in [0.25, 0.3) is 0 Å². The number of nitrogens with one attached hydrogen (secondary N) is 2. The quantitative estimate of drug-likeness (QED) is 0.875. The van der Waals surface area contributed by atoms with Crippen LogP contribution in [0, 0.1) is 6.92 Å². The summed E-state index contributed by atoms with van der Waals surface area (Å²) >= 11 is 0. The van der Waals surface area contributed by atoms with Crippen molar-refractivity contribution in [1.29, 1.82) is 0 Å². The van der Waals surface area contributed by atoms with Crippen LogP contribution in [0.3, 0.4) is 0 Å². The molecule has 0 aliphatic heterocycles. The zero-order valence-electron chi connectivity index (χ0n) is 11.2. The van der Waals surface area contributed by atoms with Crippen LogP contribution < -0.4 is 10.6 Å². The number of carbonyl (C=O) groups excluding carboxylic acids is 1. The Hall–Kier alpha value is -2.29. The van der Waals surface area contributed by atoms with Crippen LogP contribution in [0.25, 0.3) is 0 Å². The molecule has 3 nitrogen and oxygen atoms in total. The average molecular weight is 254 g/mol. The van der Waals surface area contributed by atoms with E-state index in [1.54, 1.807) is 0 Å². The van der Waals surface area contributed by atoms with Gasteiger partial charge in [0.2, 0.25) is 5.91 Å². The lowest BCUT2D eigenvalue weighted by molar-refractivity contribution is -0.114. The Morgan fingerprint density at radius 3 is 2.42 bits per heavy atom. The van der Waals surface area contributed by atoms with E-state index in [0.717, 1.165) is 16.9 Å². The van der Waals surface area contributed by atoms with Crippen molar-refractivity contribution < 1.29 is 4.79 Å². The number of anilines is 2. The molecule has 0 aliphatic carbocycles. The lowest BCUT2D eigenvalue weighted by Gasteiger charge is -2.11. The number of aryl methyl sites for hydroxylation is 1. The molecule has 2 rings (SSSR count). The topological polar surface area (TPSA) is 41.1 Å². The van der Waals surface area contributed by atoms with Crippen LogP contribution in [0.4, 0.5) is 11.4 Å². The smallest absolute Gasteiger partial charge is 0.221 e. The predicted octanol–water partition coefficient (Wildman–Crippen LogP) is 3.57. The third-order valence-corrected chi connectivity index (χ3v) is 2.86. The molecule has 3 heteroatoms. The molecule has 19 heavy (non-hydrogen) atoms. The van der Waals surface area contributed by atoms with Crippen molar-refractivity contribution in [3.63, 3.8) is 0 Å². The number of hydrogen-bond acceptors (Lipinski definition) is 2. The van der Waals surface area contributed by atoms with E-state index in [2.05, 4.69) is 41.8 Å². The van der Waals surface area contributed by atoms with Crippen molar-refractivity contribution in [2.75, 3.05) is 10.6 Å². The number of amides is 1. The van der Waals surface area contributed by atoms with Crippen molar-refractivity contribution in [3.05, 3.63) is 59.7 Å². The van der Waals surface area contributed by atoms with Crippen molar-refractivity contribution in [3.8, 4) is 0 Å². The van der Waals surface area contributed by atoms with Gasteiger partial charge in [-0.2, -0.15) is 0 Å². The Balaban J connectivity index is 2.06. The first kappa shape index (κ1) is 13.1. The molecule has 0 unspecified atom stereocenters. The summed E-state index contributed by atoms with van der Waals surface area (Å²) < 4.78 is 0. The van der Waals surface area contributed by atoms with E-state index in [1.165, 1.54) is 12.5 Å². The third-order valence-electron chi connectivity index (χ3n) is 2.86. The van der Waals surface area contributed by atoms with Gasteiger partial charge in [-0.1, -0.05) is 35.9 Å². The van der Waals surface area contributed by atoms with Crippen LogP contribution in [0.2, 0.25) is 0 Å². The molecule has 0 aliphatic rings. The van der Waals surface area contributed by atoms with E-state index < -0.39 is 0 Å². The average Bonchev–Trinajstić information content (AvgIpc) is 2.39. The van der Waals surface area contributed by atoms with Gasteiger partial charge in [-0.25, -0.2) is 0 Å². The summed E-state index contributed by atoms with van der Waals surface area (Å²) in [5.41, 5.74) is 4.24. The molecule has 2 N–H and O–H groups in total. The van der Waals surface area contributed by atoms with Crippen LogP contribution in [-0.4, -0.2) is 5.91 Å². The normalized spacial score (nSPS) is 10.0. The third kappa shape index (κ3) is 3.85. The Kier molecular flexibility index (Phi) is 4.18. The van der Waals surface area contributed by atoms with Gasteiger partial charge in [-0.05, 0) is 30.7 Å². The van der Waals surface area contributed by atoms with Gasteiger partial charge in [-0.15, -0.1) is 0 Å². The fourth-order valence-corrected chi connectivity index (χ4v) is 1.85. The van der Waals surface area contributed by atoms with Crippen LogP contribution in [0.5, 0.6) is 0 Å². The Bertz CT molecular complexity index is 561. The van der Waals surface area contributed by atoms with Gasteiger partial charge in [0.15, 0.2) is 0 Å². The minimum absolute atomic E-state index is 0.0530. The summed E-state index contributed by atoms with van der Waals surface area (Å²) in [6.07, 6.45) is 0. The number of para-hydroxylation sites is 1. The number of hydrogen-bond donors (Lipinski definition) is 2. The van der Waals surface area contributed by atoms with Gasteiger partial charge in [-0.3, -0.25) is 4.79 Å². The van der Waals surface area contributed by atoms with E-state index in [9.17, 15) is 4.79 Å². The van der Waals surface area contributed by atoms with Crippen LogP contribution in [0.15, 0.2) is 48.5 Å². The molecule has 2 aromatic carbocycles. The van der Waals surface area contributed by atoms with E-state index in [0.29, 0.717) is 6.54 Å². The second kappa shape index (κ2) is 6.05. The molecular weight excluding hydrogens is 236 g/mol. The number of carbonyl (C=O) groups is 1. The van der Waals surface area contributed by atoms with E-state index in [4.69, 9.17) is 0 Å². The molecule has 0 heterocycles. The summed E-state index contributed by atoms with van der Waals surface area (Å²) in [6, 6.07) is 16.1. The van der Waals surface area contributed by atoms with Crippen molar-refractivity contribution in [2.45, 2.75) is 20.4 Å². The first-order chi connectivity index (χ1) is 9.15. The van der Waals surface area contributed by atoms with Gasteiger partial charge < -0.3 is 10.6 Å².